The van der Waals surface area contributed by atoms with Gasteiger partial charge in [-0.1, -0.05) is 0 Å². The third-order valence-corrected chi connectivity index (χ3v) is 1.75. The number of aromatic hydroxyl groups is 1. The maximum Gasteiger partial charge on any atom is 0.195 e. The van der Waals surface area contributed by atoms with E-state index in [-0.39, 0.29) is 11.1 Å². The van der Waals surface area contributed by atoms with E-state index in [1.165, 1.54) is 13.8 Å². The van der Waals surface area contributed by atoms with Crippen molar-refractivity contribution in [3.63, 3.8) is 0 Å². The van der Waals surface area contributed by atoms with Crippen LogP contribution in [0, 0.1) is 31.3 Å². The molecular weight excluding hydrogens is 169 g/mol. The van der Waals surface area contributed by atoms with Gasteiger partial charge in [0.05, 0.1) is 0 Å². The first-order valence-electron chi connectivity index (χ1n) is 3.29. The molecule has 0 spiro atoms. The Morgan fingerprint density at radius 1 is 0.833 bits per heavy atom. The summed E-state index contributed by atoms with van der Waals surface area (Å²) < 4.78 is 37.9. The molecule has 4 heteroatoms. The first-order chi connectivity index (χ1) is 5.46. The van der Waals surface area contributed by atoms with E-state index in [2.05, 4.69) is 0 Å². The van der Waals surface area contributed by atoms with E-state index in [4.69, 9.17) is 5.11 Å². The average molecular weight is 176 g/mol. The van der Waals surface area contributed by atoms with Crippen LogP contribution in [0.4, 0.5) is 13.2 Å². The molecule has 0 atom stereocenters. The van der Waals surface area contributed by atoms with Crippen LogP contribution in [0.2, 0.25) is 0 Å². The van der Waals surface area contributed by atoms with Crippen LogP contribution in [0.1, 0.15) is 11.1 Å². The second kappa shape index (κ2) is 2.69. The van der Waals surface area contributed by atoms with E-state index in [1.54, 1.807) is 0 Å². The first-order valence-corrected chi connectivity index (χ1v) is 3.29. The molecule has 1 nitrogen and oxygen atoms in total. The molecule has 0 bridgehead atoms. The van der Waals surface area contributed by atoms with E-state index in [1.807, 2.05) is 0 Å². The number of phenols is 1. The van der Waals surface area contributed by atoms with Crippen molar-refractivity contribution in [3.8, 4) is 5.75 Å². The molecule has 0 aliphatic carbocycles. The number of halogens is 3. The standard InChI is InChI=1S/C8H7F3O/c1-3-5(9)7(11)6(10)4(2)8(3)12/h12H,1-2H3. The monoisotopic (exact) mass is 176 g/mol. The lowest BCUT2D eigenvalue weighted by molar-refractivity contribution is 0.407. The molecule has 12 heavy (non-hydrogen) atoms. The van der Waals surface area contributed by atoms with Crippen molar-refractivity contribution >= 4 is 0 Å². The van der Waals surface area contributed by atoms with Gasteiger partial charge in [-0.15, -0.1) is 0 Å². The molecule has 0 fully saturated rings. The zero-order valence-corrected chi connectivity index (χ0v) is 6.58. The summed E-state index contributed by atoms with van der Waals surface area (Å²) in [5.41, 5.74) is -0.544. The normalized spacial score (nSPS) is 10.4. The highest BCUT2D eigenvalue weighted by Crippen LogP contribution is 2.28. The van der Waals surface area contributed by atoms with Crippen LogP contribution in [-0.2, 0) is 0 Å². The van der Waals surface area contributed by atoms with Crippen LogP contribution in [0.15, 0.2) is 0 Å². The van der Waals surface area contributed by atoms with Gasteiger partial charge in [-0.2, -0.15) is 0 Å². The molecule has 0 saturated carbocycles. The molecule has 1 rings (SSSR count). The van der Waals surface area contributed by atoms with Crippen LogP contribution in [0.3, 0.4) is 0 Å². The molecule has 0 aliphatic heterocycles. The Labute approximate surface area is 67.5 Å². The van der Waals surface area contributed by atoms with Crippen molar-refractivity contribution in [2.24, 2.45) is 0 Å². The number of hydrogen-bond acceptors (Lipinski definition) is 1. The minimum absolute atomic E-state index is 0.272. The number of benzene rings is 1. The van der Waals surface area contributed by atoms with Gasteiger partial charge in [0, 0.05) is 11.1 Å². The molecule has 0 unspecified atom stereocenters. The Bertz CT molecular complexity index is 229. The van der Waals surface area contributed by atoms with E-state index in [9.17, 15) is 13.2 Å². The number of phenolic OH excluding ortho intramolecular Hbond substituents is 1. The van der Waals surface area contributed by atoms with Crippen LogP contribution >= 0.6 is 0 Å². The second-order valence-electron chi connectivity index (χ2n) is 2.54. The topological polar surface area (TPSA) is 20.2 Å². The summed E-state index contributed by atoms with van der Waals surface area (Å²) in [4.78, 5) is 0. The number of hydrogen-bond donors (Lipinski definition) is 1. The Balaban J connectivity index is 3.60. The fourth-order valence-corrected chi connectivity index (χ4v) is 0.915. The molecule has 0 heterocycles. The predicted molar refractivity (Wildman–Crippen MR) is 37.5 cm³/mol. The maximum atomic E-state index is 12.7. The van der Waals surface area contributed by atoms with E-state index < -0.39 is 23.2 Å². The molecule has 0 amide bonds. The van der Waals surface area contributed by atoms with Crippen molar-refractivity contribution in [2.45, 2.75) is 13.8 Å². The fourth-order valence-electron chi connectivity index (χ4n) is 0.915. The Kier molecular flexibility index (Phi) is 2.00. The molecule has 1 aromatic rings. The first kappa shape index (κ1) is 8.90. The lowest BCUT2D eigenvalue weighted by Crippen LogP contribution is -1.98. The lowest BCUT2D eigenvalue weighted by atomic mass is 10.1. The molecule has 0 radical (unpaired) electrons. The van der Waals surface area contributed by atoms with Crippen molar-refractivity contribution in [3.05, 3.63) is 28.6 Å². The third-order valence-electron chi connectivity index (χ3n) is 1.75. The van der Waals surface area contributed by atoms with Gasteiger partial charge in [-0.25, -0.2) is 13.2 Å². The van der Waals surface area contributed by atoms with Gasteiger partial charge in [0.15, 0.2) is 17.5 Å². The molecule has 0 aliphatic rings. The van der Waals surface area contributed by atoms with Gasteiger partial charge in [0.2, 0.25) is 0 Å². The smallest absolute Gasteiger partial charge is 0.195 e. The summed E-state index contributed by atoms with van der Waals surface area (Å²) in [6, 6.07) is 0. The van der Waals surface area contributed by atoms with E-state index in [0.717, 1.165) is 0 Å². The molecule has 0 saturated heterocycles. The van der Waals surface area contributed by atoms with Gasteiger partial charge < -0.3 is 5.11 Å². The minimum Gasteiger partial charge on any atom is -0.507 e. The summed E-state index contributed by atoms with van der Waals surface area (Å²) in [7, 11) is 0. The van der Waals surface area contributed by atoms with Crippen LogP contribution in [0.25, 0.3) is 0 Å². The summed E-state index contributed by atoms with van der Waals surface area (Å²) in [5, 5.41) is 9.05. The van der Waals surface area contributed by atoms with Crippen LogP contribution in [0.5, 0.6) is 5.75 Å². The second-order valence-corrected chi connectivity index (χ2v) is 2.54. The summed E-state index contributed by atoms with van der Waals surface area (Å²) in [6.45, 7) is 2.36. The van der Waals surface area contributed by atoms with Crippen molar-refractivity contribution < 1.29 is 18.3 Å². The Morgan fingerprint density at radius 3 is 1.50 bits per heavy atom. The lowest BCUT2D eigenvalue weighted by Gasteiger charge is -2.06. The average Bonchev–Trinajstić information content (AvgIpc) is 2.08. The molecule has 1 aromatic carbocycles. The van der Waals surface area contributed by atoms with E-state index >= 15 is 0 Å². The quantitative estimate of drug-likeness (QED) is 0.602. The summed E-state index contributed by atoms with van der Waals surface area (Å²) in [5.74, 6) is -4.75. The van der Waals surface area contributed by atoms with Gasteiger partial charge in [0.25, 0.3) is 0 Å². The highest BCUT2D eigenvalue weighted by Gasteiger charge is 2.19. The van der Waals surface area contributed by atoms with Crippen molar-refractivity contribution in [1.82, 2.24) is 0 Å². The zero-order valence-electron chi connectivity index (χ0n) is 6.58. The molecular formula is C8H7F3O. The zero-order chi connectivity index (χ0) is 9.46. The maximum absolute atomic E-state index is 12.7. The van der Waals surface area contributed by atoms with E-state index in [0.29, 0.717) is 0 Å². The van der Waals surface area contributed by atoms with Crippen molar-refractivity contribution in [2.75, 3.05) is 0 Å². The van der Waals surface area contributed by atoms with Gasteiger partial charge >= 0.3 is 0 Å². The highest BCUT2D eigenvalue weighted by molar-refractivity contribution is 5.41. The largest absolute Gasteiger partial charge is 0.507 e. The molecule has 66 valence electrons. The molecule has 1 N–H and O–H groups in total. The van der Waals surface area contributed by atoms with Crippen molar-refractivity contribution in [1.29, 1.82) is 0 Å². The minimum atomic E-state index is -1.54. The third kappa shape index (κ3) is 1.03. The predicted octanol–water partition coefficient (Wildman–Crippen LogP) is 2.43. The summed E-state index contributed by atoms with van der Waals surface area (Å²) >= 11 is 0. The highest BCUT2D eigenvalue weighted by atomic mass is 19.2. The SMILES string of the molecule is Cc1c(O)c(C)c(F)c(F)c1F. The fraction of sp³-hybridized carbons (Fsp3) is 0.250. The van der Waals surface area contributed by atoms with Gasteiger partial charge in [0.1, 0.15) is 5.75 Å². The Hall–Kier alpha value is -1.19. The van der Waals surface area contributed by atoms with Gasteiger partial charge in [-0.3, -0.25) is 0 Å². The van der Waals surface area contributed by atoms with Crippen LogP contribution < -0.4 is 0 Å². The summed E-state index contributed by atoms with van der Waals surface area (Å²) in [6.07, 6.45) is 0. The van der Waals surface area contributed by atoms with Crippen LogP contribution in [-0.4, -0.2) is 5.11 Å². The molecule has 0 aromatic heterocycles. The van der Waals surface area contributed by atoms with Gasteiger partial charge in [-0.05, 0) is 13.8 Å². The Morgan fingerprint density at radius 2 is 1.17 bits per heavy atom. The number of rotatable bonds is 0.